The van der Waals surface area contributed by atoms with Gasteiger partial charge in [-0.25, -0.2) is 9.18 Å². The first-order valence-corrected chi connectivity index (χ1v) is 9.80. The predicted octanol–water partition coefficient (Wildman–Crippen LogP) is 3.94. The van der Waals surface area contributed by atoms with Crippen LogP contribution in [-0.2, 0) is 20.7 Å². The molecule has 1 heterocycles. The molecule has 0 aliphatic carbocycles. The van der Waals surface area contributed by atoms with Gasteiger partial charge in [0.15, 0.2) is 11.6 Å². The summed E-state index contributed by atoms with van der Waals surface area (Å²) in [6.07, 6.45) is 0.533. The van der Waals surface area contributed by atoms with Crippen LogP contribution in [0.15, 0.2) is 42.5 Å². The Labute approximate surface area is 174 Å². The van der Waals surface area contributed by atoms with E-state index < -0.39 is 23.9 Å². The molecule has 1 aliphatic heterocycles. The van der Waals surface area contributed by atoms with E-state index in [2.05, 4.69) is 0 Å². The van der Waals surface area contributed by atoms with E-state index in [4.69, 9.17) is 21.1 Å². The topological polar surface area (TPSA) is 55.8 Å². The molecule has 2 aromatic rings. The molecule has 29 heavy (non-hydrogen) atoms. The molecule has 1 fully saturated rings. The van der Waals surface area contributed by atoms with Gasteiger partial charge in [0.1, 0.15) is 12.1 Å². The van der Waals surface area contributed by atoms with Gasteiger partial charge in [-0.15, -0.1) is 0 Å². The summed E-state index contributed by atoms with van der Waals surface area (Å²) in [4.78, 5) is 26.5. The Bertz CT molecular complexity index is 904. The normalized spacial score (nSPS) is 18.6. The summed E-state index contributed by atoms with van der Waals surface area (Å²) in [5, 5.41) is 0.679. The lowest BCUT2D eigenvalue weighted by Gasteiger charge is -2.22. The highest BCUT2D eigenvalue weighted by Gasteiger charge is 2.41. The number of methoxy groups -OCH3 is 1. The van der Waals surface area contributed by atoms with Crippen molar-refractivity contribution in [2.75, 3.05) is 13.7 Å². The summed E-state index contributed by atoms with van der Waals surface area (Å²) in [6, 6.07) is 11.0. The molecular formula is C22H23ClFNO4. The fraction of sp³-hybridized carbons (Fsp3) is 0.364. The van der Waals surface area contributed by atoms with E-state index in [1.807, 2.05) is 25.1 Å². The molecule has 0 spiro atoms. The van der Waals surface area contributed by atoms with Crippen molar-refractivity contribution in [2.45, 2.75) is 38.3 Å². The Morgan fingerprint density at radius 1 is 1.24 bits per heavy atom. The maximum absolute atomic E-state index is 13.9. The molecular weight excluding hydrogens is 397 g/mol. The van der Waals surface area contributed by atoms with Crippen LogP contribution in [0.3, 0.4) is 0 Å². The fourth-order valence-corrected chi connectivity index (χ4v) is 3.61. The van der Waals surface area contributed by atoms with E-state index in [0.717, 1.165) is 11.1 Å². The molecule has 0 saturated carbocycles. The molecule has 3 rings (SSSR count). The van der Waals surface area contributed by atoms with Crippen LogP contribution in [0.1, 0.15) is 24.0 Å². The van der Waals surface area contributed by atoms with Gasteiger partial charge in [0.2, 0.25) is 5.91 Å². The van der Waals surface area contributed by atoms with Gasteiger partial charge in [0.05, 0.1) is 13.7 Å². The zero-order chi connectivity index (χ0) is 21.0. The number of amides is 1. The van der Waals surface area contributed by atoms with Crippen molar-refractivity contribution >= 4 is 23.5 Å². The Morgan fingerprint density at radius 3 is 2.69 bits per heavy atom. The number of rotatable bonds is 6. The van der Waals surface area contributed by atoms with Crippen LogP contribution in [0.4, 0.5) is 4.39 Å². The van der Waals surface area contributed by atoms with E-state index in [1.54, 1.807) is 12.1 Å². The summed E-state index contributed by atoms with van der Waals surface area (Å²) in [6.45, 7) is 2.11. The molecule has 0 N–H and O–H groups in total. The van der Waals surface area contributed by atoms with Gasteiger partial charge < -0.3 is 14.4 Å². The number of benzene rings is 2. The quantitative estimate of drug-likeness (QED) is 0.665. The zero-order valence-electron chi connectivity index (χ0n) is 16.4. The molecule has 7 heteroatoms. The van der Waals surface area contributed by atoms with Crippen LogP contribution < -0.4 is 4.74 Å². The SMILES string of the molecule is COC(=O)[C@@H]1C[C@H](Oc2ccccc2F)CN1C(=O)CCc1ccc(Cl)c(C)c1. The number of ether oxygens (including phenoxy) is 2. The number of halogens is 2. The van der Waals surface area contributed by atoms with Crippen molar-refractivity contribution in [3.05, 3.63) is 64.4 Å². The summed E-state index contributed by atoms with van der Waals surface area (Å²) in [7, 11) is 1.28. The van der Waals surface area contributed by atoms with Crippen LogP contribution >= 0.6 is 11.6 Å². The third-order valence-electron chi connectivity index (χ3n) is 5.04. The number of carbonyl (C=O) groups is 2. The summed E-state index contributed by atoms with van der Waals surface area (Å²) in [5.41, 5.74) is 1.94. The van der Waals surface area contributed by atoms with Gasteiger partial charge in [-0.3, -0.25) is 4.79 Å². The molecule has 0 aromatic heterocycles. The highest BCUT2D eigenvalue weighted by molar-refractivity contribution is 6.31. The van der Waals surface area contributed by atoms with E-state index >= 15 is 0 Å². The van der Waals surface area contributed by atoms with E-state index in [1.165, 1.54) is 24.1 Å². The third-order valence-corrected chi connectivity index (χ3v) is 5.46. The molecule has 1 amide bonds. The van der Waals surface area contributed by atoms with Crippen molar-refractivity contribution in [1.82, 2.24) is 4.90 Å². The summed E-state index contributed by atoms with van der Waals surface area (Å²) >= 11 is 6.04. The largest absolute Gasteiger partial charge is 0.485 e. The average Bonchev–Trinajstić information content (AvgIpc) is 3.14. The molecule has 1 aliphatic rings. The number of hydrogen-bond acceptors (Lipinski definition) is 4. The van der Waals surface area contributed by atoms with Gasteiger partial charge >= 0.3 is 5.97 Å². The predicted molar refractivity (Wildman–Crippen MR) is 107 cm³/mol. The summed E-state index contributed by atoms with van der Waals surface area (Å²) in [5.74, 6) is -1.05. The van der Waals surface area contributed by atoms with Crippen molar-refractivity contribution in [3.63, 3.8) is 0 Å². The standard InChI is InChI=1S/C22H23ClFNO4/c1-14-11-15(7-9-17(14)23)8-10-21(26)25-13-16(12-19(25)22(27)28-2)29-20-6-4-3-5-18(20)24/h3-7,9,11,16,19H,8,10,12-13H2,1-2H3/t16-,19-/m0/s1. The zero-order valence-corrected chi connectivity index (χ0v) is 17.1. The number of esters is 1. The van der Waals surface area contributed by atoms with Gasteiger partial charge in [-0.05, 0) is 42.7 Å². The number of para-hydroxylation sites is 1. The number of nitrogens with zero attached hydrogens (tertiary/aromatic N) is 1. The second-order valence-corrected chi connectivity index (χ2v) is 7.48. The van der Waals surface area contributed by atoms with Crippen molar-refractivity contribution in [3.8, 4) is 5.75 Å². The maximum Gasteiger partial charge on any atom is 0.328 e. The Hall–Kier alpha value is -2.60. The minimum Gasteiger partial charge on any atom is -0.485 e. The van der Waals surface area contributed by atoms with Crippen LogP contribution in [0.2, 0.25) is 5.02 Å². The van der Waals surface area contributed by atoms with Crippen LogP contribution in [0.25, 0.3) is 0 Å². The van der Waals surface area contributed by atoms with Crippen molar-refractivity contribution in [2.24, 2.45) is 0 Å². The average molecular weight is 420 g/mol. The van der Waals surface area contributed by atoms with Crippen molar-refractivity contribution in [1.29, 1.82) is 0 Å². The van der Waals surface area contributed by atoms with Crippen molar-refractivity contribution < 1.29 is 23.5 Å². The first-order valence-electron chi connectivity index (χ1n) is 9.42. The minimum absolute atomic E-state index is 0.104. The minimum atomic E-state index is -0.740. The first-order chi connectivity index (χ1) is 13.9. The van der Waals surface area contributed by atoms with E-state index in [9.17, 15) is 14.0 Å². The number of hydrogen-bond donors (Lipinski definition) is 0. The molecule has 5 nitrogen and oxygen atoms in total. The fourth-order valence-electron chi connectivity index (χ4n) is 3.49. The van der Waals surface area contributed by atoms with Gasteiger partial charge in [-0.1, -0.05) is 35.9 Å². The lowest BCUT2D eigenvalue weighted by Crippen LogP contribution is -2.41. The molecule has 2 atom stereocenters. The molecule has 0 unspecified atom stereocenters. The molecule has 2 aromatic carbocycles. The Kier molecular flexibility index (Phi) is 6.75. The smallest absolute Gasteiger partial charge is 0.328 e. The highest BCUT2D eigenvalue weighted by Crippen LogP contribution is 2.26. The lowest BCUT2D eigenvalue weighted by atomic mass is 10.1. The second kappa shape index (κ2) is 9.27. The first kappa shape index (κ1) is 21.1. The molecule has 1 saturated heterocycles. The second-order valence-electron chi connectivity index (χ2n) is 7.07. The third kappa shape index (κ3) is 5.07. The molecule has 0 bridgehead atoms. The number of likely N-dealkylation sites (tertiary alicyclic amines) is 1. The van der Waals surface area contributed by atoms with Gasteiger partial charge in [-0.2, -0.15) is 0 Å². The summed E-state index contributed by atoms with van der Waals surface area (Å²) < 4.78 is 24.4. The van der Waals surface area contributed by atoms with Gasteiger partial charge in [0, 0.05) is 17.9 Å². The molecule has 0 radical (unpaired) electrons. The Balaban J connectivity index is 1.67. The van der Waals surface area contributed by atoms with Crippen LogP contribution in [0, 0.1) is 12.7 Å². The lowest BCUT2D eigenvalue weighted by molar-refractivity contribution is -0.150. The Morgan fingerprint density at radius 2 is 2.00 bits per heavy atom. The van der Waals surface area contributed by atoms with E-state index in [0.29, 0.717) is 11.4 Å². The highest BCUT2D eigenvalue weighted by atomic mass is 35.5. The molecule has 154 valence electrons. The number of carbonyl (C=O) groups excluding carboxylic acids is 2. The van der Waals surface area contributed by atoms with Gasteiger partial charge in [0.25, 0.3) is 0 Å². The van der Waals surface area contributed by atoms with Crippen LogP contribution in [-0.4, -0.2) is 42.6 Å². The van der Waals surface area contributed by atoms with E-state index in [-0.39, 0.29) is 31.0 Å². The number of aryl methyl sites for hydroxylation is 2. The monoisotopic (exact) mass is 419 g/mol. The van der Waals surface area contributed by atoms with Crippen LogP contribution in [0.5, 0.6) is 5.75 Å². The maximum atomic E-state index is 13.9.